The van der Waals surface area contributed by atoms with Gasteiger partial charge in [0.05, 0.1) is 17.4 Å². The van der Waals surface area contributed by atoms with E-state index in [9.17, 15) is 0 Å². The first kappa shape index (κ1) is 10.1. The predicted octanol–water partition coefficient (Wildman–Crippen LogP) is 1.34. The Balaban J connectivity index is 2.21. The monoisotopic (exact) mass is 204 g/mol. The molecule has 0 saturated carbocycles. The summed E-state index contributed by atoms with van der Waals surface area (Å²) in [5.41, 5.74) is 8.53. The highest BCUT2D eigenvalue weighted by molar-refractivity contribution is 5.62. The number of aromatic nitrogens is 2. The Kier molecular flexibility index (Phi) is 2.44. The van der Waals surface area contributed by atoms with Gasteiger partial charge in [-0.15, -0.1) is 0 Å². The number of rotatable bonds is 1. The van der Waals surface area contributed by atoms with Crippen molar-refractivity contribution in [1.29, 1.82) is 0 Å². The maximum Gasteiger partial charge on any atom is 0.116 e. The molecule has 0 radical (unpaired) electrons. The summed E-state index contributed by atoms with van der Waals surface area (Å²) >= 11 is 0. The van der Waals surface area contributed by atoms with E-state index in [-0.39, 0.29) is 5.41 Å². The van der Waals surface area contributed by atoms with Crippen LogP contribution in [0.4, 0.5) is 0 Å². The van der Waals surface area contributed by atoms with E-state index in [1.165, 1.54) is 0 Å². The molecule has 1 atom stereocenters. The van der Waals surface area contributed by atoms with Crippen LogP contribution in [0.1, 0.15) is 26.5 Å². The molecule has 2 rings (SSSR count). The fraction of sp³-hybridized carbons (Fsp3) is 0.455. The Hall–Kier alpha value is -1.42. The Labute approximate surface area is 89.8 Å². The lowest BCUT2D eigenvalue weighted by molar-refractivity contribution is 0.315. The van der Waals surface area contributed by atoms with E-state index < -0.39 is 0 Å². The SMILES string of the molecule is CC(C)(C)C1C=C(c2ccncn2)NN1. The second-order valence-corrected chi connectivity index (χ2v) is 4.79. The van der Waals surface area contributed by atoms with E-state index in [1.54, 1.807) is 12.5 Å². The van der Waals surface area contributed by atoms with E-state index in [1.807, 2.05) is 6.07 Å². The maximum atomic E-state index is 4.20. The van der Waals surface area contributed by atoms with Crippen molar-refractivity contribution in [2.45, 2.75) is 26.8 Å². The molecule has 0 fully saturated rings. The van der Waals surface area contributed by atoms with Gasteiger partial charge in [-0.3, -0.25) is 0 Å². The van der Waals surface area contributed by atoms with Crippen LogP contribution in [0.3, 0.4) is 0 Å². The third kappa shape index (κ3) is 2.15. The van der Waals surface area contributed by atoms with Gasteiger partial charge in [-0.25, -0.2) is 15.4 Å². The maximum absolute atomic E-state index is 4.20. The lowest BCUT2D eigenvalue weighted by Crippen LogP contribution is -2.40. The zero-order valence-electron chi connectivity index (χ0n) is 9.28. The number of hydrogen-bond donors (Lipinski definition) is 2. The average Bonchev–Trinajstić information content (AvgIpc) is 2.67. The lowest BCUT2D eigenvalue weighted by Gasteiger charge is -2.24. The van der Waals surface area contributed by atoms with Crippen LogP contribution < -0.4 is 10.9 Å². The molecule has 15 heavy (non-hydrogen) atoms. The van der Waals surface area contributed by atoms with Crippen molar-refractivity contribution in [3.8, 4) is 0 Å². The molecule has 0 aliphatic carbocycles. The van der Waals surface area contributed by atoms with Crippen LogP contribution >= 0.6 is 0 Å². The van der Waals surface area contributed by atoms with E-state index in [4.69, 9.17) is 0 Å². The fourth-order valence-electron chi connectivity index (χ4n) is 1.47. The van der Waals surface area contributed by atoms with Gasteiger partial charge in [-0.05, 0) is 17.6 Å². The zero-order chi connectivity index (χ0) is 10.9. The van der Waals surface area contributed by atoms with Crippen LogP contribution in [-0.2, 0) is 0 Å². The first-order chi connectivity index (χ1) is 7.07. The molecule has 1 aliphatic rings. The summed E-state index contributed by atoms with van der Waals surface area (Å²) < 4.78 is 0. The average molecular weight is 204 g/mol. The van der Waals surface area contributed by atoms with Crippen LogP contribution in [0, 0.1) is 5.41 Å². The van der Waals surface area contributed by atoms with Crippen molar-refractivity contribution in [3.05, 3.63) is 30.4 Å². The largest absolute Gasteiger partial charge is 0.319 e. The van der Waals surface area contributed by atoms with Crippen LogP contribution in [0.5, 0.6) is 0 Å². The van der Waals surface area contributed by atoms with E-state index in [2.05, 4.69) is 47.7 Å². The fourth-order valence-corrected chi connectivity index (χ4v) is 1.47. The predicted molar refractivity (Wildman–Crippen MR) is 59.5 cm³/mol. The summed E-state index contributed by atoms with van der Waals surface area (Å²) in [5.74, 6) is 0. The smallest absolute Gasteiger partial charge is 0.116 e. The van der Waals surface area contributed by atoms with Crippen LogP contribution in [0.2, 0.25) is 0 Å². The van der Waals surface area contributed by atoms with Gasteiger partial charge in [0.15, 0.2) is 0 Å². The Morgan fingerprint density at radius 1 is 1.33 bits per heavy atom. The van der Waals surface area contributed by atoms with Gasteiger partial charge < -0.3 is 5.43 Å². The van der Waals surface area contributed by atoms with Gasteiger partial charge in [0.2, 0.25) is 0 Å². The molecule has 1 aliphatic heterocycles. The molecule has 0 saturated heterocycles. The van der Waals surface area contributed by atoms with E-state index in [0.29, 0.717) is 6.04 Å². The van der Waals surface area contributed by atoms with Crippen molar-refractivity contribution in [2.75, 3.05) is 0 Å². The number of hydrazine groups is 1. The van der Waals surface area contributed by atoms with Crippen molar-refractivity contribution in [2.24, 2.45) is 5.41 Å². The first-order valence-corrected chi connectivity index (χ1v) is 5.07. The van der Waals surface area contributed by atoms with Gasteiger partial charge in [-0.2, -0.15) is 0 Å². The summed E-state index contributed by atoms with van der Waals surface area (Å²) in [6.45, 7) is 6.60. The standard InChI is InChI=1S/C11H16N4/c1-11(2,3)10-6-9(14-15-10)8-4-5-12-7-13-8/h4-7,10,14-15H,1-3H3. The highest BCUT2D eigenvalue weighted by Gasteiger charge is 2.27. The normalized spacial score (nSPS) is 21.0. The van der Waals surface area contributed by atoms with Gasteiger partial charge in [0.25, 0.3) is 0 Å². The summed E-state index contributed by atoms with van der Waals surface area (Å²) in [6, 6.07) is 2.22. The summed E-state index contributed by atoms with van der Waals surface area (Å²) in [7, 11) is 0. The van der Waals surface area contributed by atoms with Gasteiger partial charge in [-0.1, -0.05) is 20.8 Å². The molecule has 1 unspecified atom stereocenters. The first-order valence-electron chi connectivity index (χ1n) is 5.07. The van der Waals surface area contributed by atoms with Crippen molar-refractivity contribution < 1.29 is 0 Å². The summed E-state index contributed by atoms with van der Waals surface area (Å²) in [4.78, 5) is 8.09. The molecule has 1 aromatic heterocycles. The third-order valence-electron chi connectivity index (χ3n) is 2.49. The number of nitrogens with one attached hydrogen (secondary N) is 2. The quantitative estimate of drug-likeness (QED) is 0.724. The van der Waals surface area contributed by atoms with Gasteiger partial charge >= 0.3 is 0 Å². The molecule has 4 heteroatoms. The topological polar surface area (TPSA) is 49.8 Å². The highest BCUT2D eigenvalue weighted by Crippen LogP contribution is 2.25. The molecule has 0 aromatic carbocycles. The molecule has 0 bridgehead atoms. The number of nitrogens with zero attached hydrogens (tertiary/aromatic N) is 2. The molecule has 80 valence electrons. The number of hydrogen-bond acceptors (Lipinski definition) is 4. The summed E-state index contributed by atoms with van der Waals surface area (Å²) in [5, 5.41) is 0. The molecule has 0 spiro atoms. The Bertz CT molecular complexity index is 364. The molecule has 2 N–H and O–H groups in total. The van der Waals surface area contributed by atoms with Crippen LogP contribution in [0.15, 0.2) is 24.7 Å². The molecule has 0 amide bonds. The van der Waals surface area contributed by atoms with E-state index in [0.717, 1.165) is 11.4 Å². The molecular weight excluding hydrogens is 188 g/mol. The van der Waals surface area contributed by atoms with Crippen molar-refractivity contribution in [1.82, 2.24) is 20.8 Å². The van der Waals surface area contributed by atoms with E-state index >= 15 is 0 Å². The Morgan fingerprint density at radius 3 is 2.67 bits per heavy atom. The minimum Gasteiger partial charge on any atom is -0.319 e. The minimum absolute atomic E-state index is 0.196. The molecule has 2 heterocycles. The zero-order valence-corrected chi connectivity index (χ0v) is 9.28. The molecule has 1 aromatic rings. The van der Waals surface area contributed by atoms with Crippen molar-refractivity contribution in [3.63, 3.8) is 0 Å². The van der Waals surface area contributed by atoms with Crippen molar-refractivity contribution >= 4 is 5.70 Å². The van der Waals surface area contributed by atoms with Crippen LogP contribution in [-0.4, -0.2) is 16.0 Å². The van der Waals surface area contributed by atoms with Gasteiger partial charge in [0.1, 0.15) is 6.33 Å². The second kappa shape index (κ2) is 3.62. The minimum atomic E-state index is 0.196. The molecule has 4 nitrogen and oxygen atoms in total. The molecular formula is C11H16N4. The lowest BCUT2D eigenvalue weighted by atomic mass is 9.87. The summed E-state index contributed by atoms with van der Waals surface area (Å²) in [6.07, 6.45) is 5.47. The Morgan fingerprint density at radius 2 is 2.13 bits per heavy atom. The third-order valence-corrected chi connectivity index (χ3v) is 2.49. The highest BCUT2D eigenvalue weighted by atomic mass is 15.4. The second-order valence-electron chi connectivity index (χ2n) is 4.79. The van der Waals surface area contributed by atoms with Gasteiger partial charge in [0, 0.05) is 6.20 Å². The van der Waals surface area contributed by atoms with Crippen LogP contribution in [0.25, 0.3) is 5.70 Å².